The predicted octanol–water partition coefficient (Wildman–Crippen LogP) is 5.82. The third-order valence-electron chi connectivity index (χ3n) is 3.38. The van der Waals surface area contributed by atoms with Crippen LogP contribution >= 0.6 is 11.6 Å². The van der Waals surface area contributed by atoms with E-state index in [0.717, 1.165) is 16.7 Å². The minimum atomic E-state index is 0.0733. The van der Waals surface area contributed by atoms with Gasteiger partial charge in [-0.1, -0.05) is 11.6 Å². The van der Waals surface area contributed by atoms with Crippen molar-refractivity contribution in [1.29, 1.82) is 0 Å². The normalized spacial score (nSPS) is 11.6. The second-order valence-electron chi connectivity index (χ2n) is 4.77. The summed E-state index contributed by atoms with van der Waals surface area (Å²) in [5.41, 5.74) is 2.71. The van der Waals surface area contributed by atoms with Gasteiger partial charge < -0.3 is 9.52 Å². The summed E-state index contributed by atoms with van der Waals surface area (Å²) in [5.74, 6) is 0.877. The van der Waals surface area contributed by atoms with Crippen molar-refractivity contribution in [3.05, 3.63) is 52.7 Å². The quantitative estimate of drug-likeness (QED) is 0.606. The largest absolute Gasteiger partial charge is 0.506 e. The predicted molar refractivity (Wildman–Crippen MR) is 83.0 cm³/mol. The van der Waals surface area contributed by atoms with Crippen LogP contribution in [-0.4, -0.2) is 5.11 Å². The molecule has 1 aromatic heterocycles. The van der Waals surface area contributed by atoms with E-state index >= 15 is 0 Å². The number of phenols is 1. The summed E-state index contributed by atoms with van der Waals surface area (Å²) in [6.07, 6.45) is 0. The van der Waals surface area contributed by atoms with Gasteiger partial charge in [-0.3, -0.25) is 0 Å². The van der Waals surface area contributed by atoms with Gasteiger partial charge in [-0.15, -0.1) is 5.11 Å². The number of furan rings is 1. The number of azo groups is 1. The van der Waals surface area contributed by atoms with E-state index in [1.807, 2.05) is 13.8 Å². The molecule has 2 aromatic carbocycles. The molecule has 0 fully saturated rings. The Kier molecular flexibility index (Phi) is 3.39. The summed E-state index contributed by atoms with van der Waals surface area (Å²) in [5, 5.41) is 19.8. The second-order valence-corrected chi connectivity index (χ2v) is 5.20. The first-order chi connectivity index (χ1) is 10.1. The van der Waals surface area contributed by atoms with E-state index in [4.69, 9.17) is 16.0 Å². The third-order valence-corrected chi connectivity index (χ3v) is 3.63. The maximum absolute atomic E-state index is 10.0. The maximum atomic E-state index is 10.0. The molecular weight excluding hydrogens is 288 g/mol. The molecule has 0 saturated heterocycles. The minimum Gasteiger partial charge on any atom is -0.506 e. The van der Waals surface area contributed by atoms with Crippen molar-refractivity contribution < 1.29 is 9.52 Å². The topological polar surface area (TPSA) is 58.1 Å². The monoisotopic (exact) mass is 300 g/mol. The average molecular weight is 301 g/mol. The van der Waals surface area contributed by atoms with Crippen molar-refractivity contribution in [3.63, 3.8) is 0 Å². The fraction of sp³-hybridized carbons (Fsp3) is 0.125. The standard InChI is InChI=1S/C16H13ClN2O2/c1-9-10(2)21-14-8-7-13(20)16(15(9)14)19-18-12-5-3-11(17)4-6-12/h3-8,20H,1-2H3. The number of aromatic hydroxyl groups is 1. The van der Waals surface area contributed by atoms with Crippen molar-refractivity contribution in [2.24, 2.45) is 10.2 Å². The van der Waals surface area contributed by atoms with Crippen LogP contribution in [0.5, 0.6) is 5.75 Å². The first-order valence-electron chi connectivity index (χ1n) is 6.45. The average Bonchev–Trinajstić information content (AvgIpc) is 2.76. The summed E-state index contributed by atoms with van der Waals surface area (Å²) < 4.78 is 5.63. The lowest BCUT2D eigenvalue weighted by atomic mass is 10.1. The van der Waals surface area contributed by atoms with Crippen molar-refractivity contribution in [2.75, 3.05) is 0 Å². The molecule has 3 rings (SSSR count). The highest BCUT2D eigenvalue weighted by Crippen LogP contribution is 2.40. The van der Waals surface area contributed by atoms with Crippen molar-refractivity contribution in [1.82, 2.24) is 0 Å². The van der Waals surface area contributed by atoms with Crippen molar-refractivity contribution >= 4 is 33.9 Å². The summed E-state index contributed by atoms with van der Waals surface area (Å²) >= 11 is 5.83. The van der Waals surface area contributed by atoms with Crippen LogP contribution in [0.25, 0.3) is 11.0 Å². The van der Waals surface area contributed by atoms with Crippen LogP contribution in [0.4, 0.5) is 11.4 Å². The van der Waals surface area contributed by atoms with E-state index in [0.29, 0.717) is 22.0 Å². The number of benzene rings is 2. The zero-order valence-corrected chi connectivity index (χ0v) is 12.3. The van der Waals surface area contributed by atoms with Crippen LogP contribution in [-0.2, 0) is 0 Å². The SMILES string of the molecule is Cc1oc2ccc(O)c(N=Nc3ccc(Cl)cc3)c2c1C. The molecule has 5 heteroatoms. The molecule has 0 unspecified atom stereocenters. The number of halogens is 1. The van der Waals surface area contributed by atoms with E-state index in [2.05, 4.69) is 10.2 Å². The van der Waals surface area contributed by atoms with Gasteiger partial charge in [-0.25, -0.2) is 0 Å². The zero-order valence-electron chi connectivity index (χ0n) is 11.6. The Labute approximate surface area is 126 Å². The third kappa shape index (κ3) is 2.50. The van der Waals surface area contributed by atoms with Gasteiger partial charge in [0, 0.05) is 10.6 Å². The molecule has 0 saturated carbocycles. The van der Waals surface area contributed by atoms with Crippen molar-refractivity contribution in [2.45, 2.75) is 13.8 Å². The Bertz CT molecular complexity index is 836. The zero-order chi connectivity index (χ0) is 15.0. The lowest BCUT2D eigenvalue weighted by molar-refractivity contribution is 0.476. The van der Waals surface area contributed by atoms with Gasteiger partial charge in [0.2, 0.25) is 0 Å². The van der Waals surface area contributed by atoms with Crippen LogP contribution in [0.1, 0.15) is 11.3 Å². The Hall–Kier alpha value is -2.33. The van der Waals surface area contributed by atoms with Gasteiger partial charge in [0.15, 0.2) is 0 Å². The number of hydrogen-bond acceptors (Lipinski definition) is 4. The van der Waals surface area contributed by atoms with Crippen molar-refractivity contribution in [3.8, 4) is 5.75 Å². The van der Waals surface area contributed by atoms with Crippen LogP contribution in [0.3, 0.4) is 0 Å². The van der Waals surface area contributed by atoms with Gasteiger partial charge in [0.05, 0.1) is 11.1 Å². The molecular formula is C16H13ClN2O2. The van der Waals surface area contributed by atoms with E-state index in [1.54, 1.807) is 36.4 Å². The molecule has 0 amide bonds. The summed E-state index contributed by atoms with van der Waals surface area (Å²) in [7, 11) is 0. The molecule has 106 valence electrons. The van der Waals surface area contributed by atoms with E-state index in [9.17, 15) is 5.11 Å². The lowest BCUT2D eigenvalue weighted by Crippen LogP contribution is -1.74. The summed E-state index contributed by atoms with van der Waals surface area (Å²) in [4.78, 5) is 0. The van der Waals surface area contributed by atoms with Gasteiger partial charge in [0.1, 0.15) is 22.8 Å². The van der Waals surface area contributed by atoms with Gasteiger partial charge in [0.25, 0.3) is 0 Å². The van der Waals surface area contributed by atoms with Gasteiger partial charge >= 0.3 is 0 Å². The highest BCUT2D eigenvalue weighted by Gasteiger charge is 2.14. The first kappa shape index (κ1) is 13.6. The van der Waals surface area contributed by atoms with Gasteiger partial charge in [-0.2, -0.15) is 5.11 Å². The Balaban J connectivity index is 2.11. The Morgan fingerprint density at radius 1 is 1.00 bits per heavy atom. The second kappa shape index (κ2) is 5.22. The summed E-state index contributed by atoms with van der Waals surface area (Å²) in [6.45, 7) is 3.81. The number of phenolic OH excluding ortho intramolecular Hbond substituents is 1. The molecule has 3 aromatic rings. The molecule has 1 N–H and O–H groups in total. The highest BCUT2D eigenvalue weighted by molar-refractivity contribution is 6.30. The number of aryl methyl sites for hydroxylation is 2. The first-order valence-corrected chi connectivity index (χ1v) is 6.83. The number of rotatable bonds is 2. The molecule has 0 aliphatic rings. The molecule has 0 spiro atoms. The maximum Gasteiger partial charge on any atom is 0.144 e. The molecule has 1 heterocycles. The Morgan fingerprint density at radius 2 is 1.71 bits per heavy atom. The molecule has 0 radical (unpaired) electrons. The molecule has 21 heavy (non-hydrogen) atoms. The highest BCUT2D eigenvalue weighted by atomic mass is 35.5. The number of nitrogens with zero attached hydrogens (tertiary/aromatic N) is 2. The molecule has 0 atom stereocenters. The lowest BCUT2D eigenvalue weighted by Gasteiger charge is -2.00. The Morgan fingerprint density at radius 3 is 2.43 bits per heavy atom. The number of hydrogen-bond donors (Lipinski definition) is 1. The molecule has 4 nitrogen and oxygen atoms in total. The molecule has 0 aliphatic carbocycles. The molecule has 0 bridgehead atoms. The van der Waals surface area contributed by atoms with E-state index in [1.165, 1.54) is 0 Å². The van der Waals surface area contributed by atoms with Crippen LogP contribution in [0.15, 0.2) is 51.0 Å². The minimum absolute atomic E-state index is 0.0733. The molecule has 0 aliphatic heterocycles. The van der Waals surface area contributed by atoms with E-state index < -0.39 is 0 Å². The van der Waals surface area contributed by atoms with Crippen LogP contribution in [0, 0.1) is 13.8 Å². The summed E-state index contributed by atoms with van der Waals surface area (Å²) in [6, 6.07) is 10.3. The van der Waals surface area contributed by atoms with Crippen LogP contribution in [0.2, 0.25) is 5.02 Å². The van der Waals surface area contributed by atoms with E-state index in [-0.39, 0.29) is 5.75 Å². The fourth-order valence-electron chi connectivity index (χ4n) is 2.14. The smallest absolute Gasteiger partial charge is 0.144 e. The van der Waals surface area contributed by atoms with Gasteiger partial charge in [-0.05, 0) is 50.2 Å². The fourth-order valence-corrected chi connectivity index (χ4v) is 2.27. The van der Waals surface area contributed by atoms with Crippen LogP contribution < -0.4 is 0 Å². The number of fused-ring (bicyclic) bond motifs is 1.